The topological polar surface area (TPSA) is 67.9 Å². The second kappa shape index (κ2) is 8.55. The van der Waals surface area contributed by atoms with Gasteiger partial charge < -0.3 is 19.7 Å². The zero-order valence-corrected chi connectivity index (χ0v) is 16.8. The Morgan fingerprint density at radius 2 is 2.04 bits per heavy atom. The van der Waals surface area contributed by atoms with Gasteiger partial charge in [-0.1, -0.05) is 24.0 Å². The fourth-order valence-corrected chi connectivity index (χ4v) is 3.66. The van der Waals surface area contributed by atoms with Gasteiger partial charge in [0, 0.05) is 37.9 Å². The summed E-state index contributed by atoms with van der Waals surface area (Å²) in [5, 5.41) is 2.85. The lowest BCUT2D eigenvalue weighted by atomic mass is 9.96. The highest BCUT2D eigenvalue weighted by molar-refractivity contribution is 5.79. The highest BCUT2D eigenvalue weighted by atomic mass is 16.5. The molecule has 2 heterocycles. The Labute approximate surface area is 166 Å². The summed E-state index contributed by atoms with van der Waals surface area (Å²) < 4.78 is 11.7. The first-order valence-corrected chi connectivity index (χ1v) is 9.78. The summed E-state index contributed by atoms with van der Waals surface area (Å²) in [4.78, 5) is 25.3. The van der Waals surface area contributed by atoms with Crippen molar-refractivity contribution in [3.63, 3.8) is 0 Å². The molecule has 6 heteroatoms. The van der Waals surface area contributed by atoms with Crippen LogP contribution in [0.2, 0.25) is 0 Å². The number of likely N-dealkylation sites (tertiary alicyclic amines) is 1. The van der Waals surface area contributed by atoms with Crippen LogP contribution >= 0.6 is 0 Å². The van der Waals surface area contributed by atoms with Crippen LogP contribution in [0, 0.1) is 17.8 Å². The minimum absolute atomic E-state index is 0.00920. The van der Waals surface area contributed by atoms with Crippen molar-refractivity contribution in [3.8, 4) is 23.3 Å². The van der Waals surface area contributed by atoms with Crippen LogP contribution in [-0.2, 0) is 16.0 Å². The number of benzene rings is 1. The summed E-state index contributed by atoms with van der Waals surface area (Å²) in [6.45, 7) is 7.51. The number of nitrogens with zero attached hydrogens (tertiary/aromatic N) is 1. The molecule has 1 saturated heterocycles. The molecule has 1 fully saturated rings. The molecule has 150 valence electrons. The van der Waals surface area contributed by atoms with Gasteiger partial charge in [0.1, 0.15) is 12.2 Å². The first kappa shape index (κ1) is 20.1. The number of hydrogen-bond acceptors (Lipinski definition) is 4. The number of amides is 2. The molecule has 2 aliphatic heterocycles. The zero-order chi connectivity index (χ0) is 20.1. The molecule has 0 bridgehead atoms. The van der Waals surface area contributed by atoms with Crippen molar-refractivity contribution in [3.05, 3.63) is 23.8 Å². The molecule has 0 spiro atoms. The second-order valence-electron chi connectivity index (χ2n) is 7.92. The Hall–Kier alpha value is -2.68. The van der Waals surface area contributed by atoms with Gasteiger partial charge in [-0.2, -0.15) is 0 Å². The van der Waals surface area contributed by atoms with E-state index in [9.17, 15) is 9.59 Å². The van der Waals surface area contributed by atoms with E-state index >= 15 is 0 Å². The van der Waals surface area contributed by atoms with E-state index in [0.717, 1.165) is 17.7 Å². The van der Waals surface area contributed by atoms with E-state index in [1.54, 1.807) is 11.8 Å². The lowest BCUT2D eigenvalue weighted by Crippen LogP contribution is -2.42. The van der Waals surface area contributed by atoms with Crippen LogP contribution in [0.4, 0.5) is 0 Å². The van der Waals surface area contributed by atoms with Crippen LogP contribution in [0.1, 0.15) is 39.2 Å². The molecule has 2 aliphatic rings. The second-order valence-corrected chi connectivity index (χ2v) is 7.92. The van der Waals surface area contributed by atoms with E-state index in [1.165, 1.54) is 0 Å². The molecule has 0 saturated carbocycles. The Kier molecular flexibility index (Phi) is 6.13. The van der Waals surface area contributed by atoms with Crippen LogP contribution < -0.4 is 14.8 Å². The molecular formula is C22H28N2O4. The molecule has 1 aromatic carbocycles. The van der Waals surface area contributed by atoms with Crippen molar-refractivity contribution in [1.29, 1.82) is 0 Å². The number of para-hydroxylation sites is 1. The molecule has 0 radical (unpaired) electrons. The molecule has 2 amide bonds. The largest absolute Gasteiger partial charge is 0.483 e. The maximum absolute atomic E-state index is 12.2. The summed E-state index contributed by atoms with van der Waals surface area (Å²) in [5.74, 6) is 7.41. The summed E-state index contributed by atoms with van der Waals surface area (Å²) in [7, 11) is 0. The number of rotatable bonds is 4. The predicted molar refractivity (Wildman–Crippen MR) is 106 cm³/mol. The van der Waals surface area contributed by atoms with Crippen molar-refractivity contribution < 1.29 is 19.1 Å². The molecule has 1 aromatic rings. The van der Waals surface area contributed by atoms with Gasteiger partial charge in [-0.3, -0.25) is 9.59 Å². The number of carbonyl (C=O) groups is 2. The van der Waals surface area contributed by atoms with Crippen LogP contribution in [0.25, 0.3) is 0 Å². The van der Waals surface area contributed by atoms with Crippen molar-refractivity contribution in [2.45, 2.75) is 45.6 Å². The molecular weight excluding hydrogens is 356 g/mol. The highest BCUT2D eigenvalue weighted by Crippen LogP contribution is 2.41. The maximum atomic E-state index is 12.2. The minimum atomic E-state index is -0.210. The maximum Gasteiger partial charge on any atom is 0.223 e. The van der Waals surface area contributed by atoms with E-state index in [-0.39, 0.29) is 29.9 Å². The van der Waals surface area contributed by atoms with Crippen LogP contribution in [0.3, 0.4) is 0 Å². The Bertz CT molecular complexity index is 798. The predicted octanol–water partition coefficient (Wildman–Crippen LogP) is 2.16. The highest BCUT2D eigenvalue weighted by Gasteiger charge is 2.32. The standard InChI is InChI=1S/C22H28N2O4/c1-16(25)24-12-9-17(10-13-24)21(26)23-11-4-5-14-27-19-8-6-7-18-15-22(2,3)28-20(18)19/h6-8,17H,9-15H2,1-3H3,(H,23,26). The van der Waals surface area contributed by atoms with Gasteiger partial charge >= 0.3 is 0 Å². The molecule has 0 unspecified atom stereocenters. The molecule has 3 rings (SSSR count). The third-order valence-electron chi connectivity index (χ3n) is 5.14. The number of nitrogens with one attached hydrogen (secondary N) is 1. The van der Waals surface area contributed by atoms with Gasteiger partial charge in [0.2, 0.25) is 11.8 Å². The number of carbonyl (C=O) groups excluding carboxylic acids is 2. The van der Waals surface area contributed by atoms with E-state index in [1.807, 2.05) is 12.1 Å². The van der Waals surface area contributed by atoms with E-state index in [0.29, 0.717) is 38.2 Å². The Morgan fingerprint density at radius 1 is 1.29 bits per heavy atom. The Balaban J connectivity index is 1.40. The fourth-order valence-electron chi connectivity index (χ4n) is 3.66. The fraction of sp³-hybridized carbons (Fsp3) is 0.545. The van der Waals surface area contributed by atoms with Gasteiger partial charge in [-0.05, 0) is 32.8 Å². The summed E-state index contributed by atoms with van der Waals surface area (Å²) in [5.41, 5.74) is 0.941. The Morgan fingerprint density at radius 3 is 2.75 bits per heavy atom. The smallest absolute Gasteiger partial charge is 0.223 e. The van der Waals surface area contributed by atoms with Crippen molar-refractivity contribution in [2.75, 3.05) is 26.2 Å². The quantitative estimate of drug-likeness (QED) is 0.808. The molecule has 0 aliphatic carbocycles. The summed E-state index contributed by atoms with van der Waals surface area (Å²) >= 11 is 0. The average Bonchev–Trinajstić information content (AvgIpc) is 2.99. The molecule has 0 atom stereocenters. The van der Waals surface area contributed by atoms with Gasteiger partial charge in [-0.25, -0.2) is 0 Å². The van der Waals surface area contributed by atoms with E-state index < -0.39 is 0 Å². The van der Waals surface area contributed by atoms with Crippen LogP contribution in [0.15, 0.2) is 18.2 Å². The third-order valence-corrected chi connectivity index (χ3v) is 5.14. The molecule has 6 nitrogen and oxygen atoms in total. The monoisotopic (exact) mass is 384 g/mol. The SMILES string of the molecule is CC(=O)N1CCC(C(=O)NCC#CCOc2cccc3c2OC(C)(C)C3)CC1. The average molecular weight is 384 g/mol. The van der Waals surface area contributed by atoms with Crippen LogP contribution in [0.5, 0.6) is 11.5 Å². The lowest BCUT2D eigenvalue weighted by molar-refractivity contribution is -0.133. The van der Waals surface area contributed by atoms with Crippen LogP contribution in [-0.4, -0.2) is 48.6 Å². The third kappa shape index (κ3) is 4.98. The molecule has 1 N–H and O–H groups in total. The summed E-state index contributed by atoms with van der Waals surface area (Å²) in [6, 6.07) is 5.90. The van der Waals surface area contributed by atoms with Crippen molar-refractivity contribution >= 4 is 11.8 Å². The lowest BCUT2D eigenvalue weighted by Gasteiger charge is -2.30. The van der Waals surface area contributed by atoms with E-state index in [4.69, 9.17) is 9.47 Å². The first-order valence-electron chi connectivity index (χ1n) is 9.78. The number of ether oxygens (including phenoxy) is 2. The number of hydrogen-bond donors (Lipinski definition) is 1. The van der Waals surface area contributed by atoms with Gasteiger partial charge in [0.05, 0.1) is 6.54 Å². The summed E-state index contributed by atoms with van der Waals surface area (Å²) in [6.07, 6.45) is 2.28. The minimum Gasteiger partial charge on any atom is -0.483 e. The van der Waals surface area contributed by atoms with Gasteiger partial charge in [-0.15, -0.1) is 0 Å². The number of piperidine rings is 1. The van der Waals surface area contributed by atoms with Gasteiger partial charge in [0.15, 0.2) is 11.5 Å². The molecule has 0 aromatic heterocycles. The first-order chi connectivity index (χ1) is 13.4. The van der Waals surface area contributed by atoms with E-state index in [2.05, 4.69) is 37.1 Å². The van der Waals surface area contributed by atoms with Gasteiger partial charge in [0.25, 0.3) is 0 Å². The normalized spacial score (nSPS) is 17.8. The molecule has 28 heavy (non-hydrogen) atoms. The van der Waals surface area contributed by atoms with Crippen molar-refractivity contribution in [2.24, 2.45) is 5.92 Å². The zero-order valence-electron chi connectivity index (χ0n) is 16.8. The van der Waals surface area contributed by atoms with Crippen molar-refractivity contribution in [1.82, 2.24) is 10.2 Å². The number of fused-ring (bicyclic) bond motifs is 1.